The molecule has 0 spiro atoms. The highest BCUT2D eigenvalue weighted by atomic mass is 35.5. The number of aromatic nitrogens is 1. The molecule has 6 heteroatoms. The topological polar surface area (TPSA) is 67.0 Å². The maximum atomic E-state index is 12.7. The fourth-order valence-electron chi connectivity index (χ4n) is 3.35. The highest BCUT2D eigenvalue weighted by molar-refractivity contribution is 6.30. The third kappa shape index (κ3) is 4.24. The van der Waals surface area contributed by atoms with Gasteiger partial charge in [-0.05, 0) is 68.3 Å². The number of nitrogens with zero attached hydrogens (tertiary/aromatic N) is 2. The fourth-order valence-corrected chi connectivity index (χ4v) is 3.52. The number of nitriles is 1. The van der Waals surface area contributed by atoms with E-state index in [1.54, 1.807) is 25.3 Å². The fraction of sp³-hybridized carbons (Fsp3) is 0.167. The van der Waals surface area contributed by atoms with Crippen molar-refractivity contribution in [2.24, 2.45) is 0 Å². The van der Waals surface area contributed by atoms with Crippen LogP contribution in [0.2, 0.25) is 5.02 Å². The second-order valence-corrected chi connectivity index (χ2v) is 7.35. The molecule has 3 rings (SSSR count). The molecule has 1 heterocycles. The minimum atomic E-state index is -0.447. The lowest BCUT2D eigenvalue weighted by atomic mass is 10.1. The predicted molar refractivity (Wildman–Crippen MR) is 120 cm³/mol. The number of carbonyl (C=O) groups excluding carboxylic acids is 1. The Hall–Kier alpha value is -3.49. The normalized spacial score (nSPS) is 11.1. The van der Waals surface area contributed by atoms with Crippen molar-refractivity contribution in [1.29, 1.82) is 5.26 Å². The number of amides is 1. The number of aryl methyl sites for hydroxylation is 2. The molecule has 30 heavy (non-hydrogen) atoms. The Morgan fingerprint density at radius 3 is 2.57 bits per heavy atom. The first kappa shape index (κ1) is 21.2. The summed E-state index contributed by atoms with van der Waals surface area (Å²) < 4.78 is 7.47. The van der Waals surface area contributed by atoms with Crippen LogP contribution in [0.25, 0.3) is 11.8 Å². The smallest absolute Gasteiger partial charge is 0.266 e. The number of nitrogens with one attached hydrogen (secondary N) is 1. The van der Waals surface area contributed by atoms with Gasteiger partial charge in [0.1, 0.15) is 17.4 Å². The maximum Gasteiger partial charge on any atom is 0.266 e. The SMILES string of the molecule is COc1ccc(Cl)cc1-n1c(C)cc(/C=C(/C#N)C(=O)Nc2ccccc2C)c1C. The molecule has 0 saturated carbocycles. The van der Waals surface area contributed by atoms with Gasteiger partial charge >= 0.3 is 0 Å². The number of carbonyl (C=O) groups is 1. The van der Waals surface area contributed by atoms with Crippen LogP contribution < -0.4 is 10.1 Å². The number of halogens is 1. The van der Waals surface area contributed by atoms with E-state index >= 15 is 0 Å². The van der Waals surface area contributed by atoms with Gasteiger partial charge in [0.05, 0.1) is 12.8 Å². The summed E-state index contributed by atoms with van der Waals surface area (Å²) in [6.07, 6.45) is 1.60. The number of hydrogen-bond acceptors (Lipinski definition) is 3. The Bertz CT molecular complexity index is 1190. The molecule has 0 fully saturated rings. The third-order valence-corrected chi connectivity index (χ3v) is 5.15. The molecule has 152 valence electrons. The van der Waals surface area contributed by atoms with Crippen LogP contribution in [0.15, 0.2) is 54.1 Å². The van der Waals surface area contributed by atoms with Gasteiger partial charge in [0.2, 0.25) is 0 Å². The van der Waals surface area contributed by atoms with Gasteiger partial charge in [-0.15, -0.1) is 0 Å². The van der Waals surface area contributed by atoms with Crippen molar-refractivity contribution in [2.45, 2.75) is 20.8 Å². The van der Waals surface area contributed by atoms with E-state index in [-0.39, 0.29) is 5.57 Å². The van der Waals surface area contributed by atoms with E-state index in [1.165, 1.54) is 0 Å². The summed E-state index contributed by atoms with van der Waals surface area (Å²) in [7, 11) is 1.60. The first-order valence-electron chi connectivity index (χ1n) is 9.37. The minimum Gasteiger partial charge on any atom is -0.495 e. The molecule has 0 atom stereocenters. The van der Waals surface area contributed by atoms with E-state index in [1.807, 2.05) is 67.8 Å². The summed E-state index contributed by atoms with van der Waals surface area (Å²) in [6.45, 7) is 5.77. The highest BCUT2D eigenvalue weighted by Gasteiger charge is 2.16. The summed E-state index contributed by atoms with van der Waals surface area (Å²) in [5.74, 6) is 0.228. The van der Waals surface area contributed by atoms with Gasteiger partial charge in [-0.2, -0.15) is 5.26 Å². The Kier molecular flexibility index (Phi) is 6.29. The summed E-state index contributed by atoms with van der Waals surface area (Å²) in [6, 6.07) is 16.8. The molecule has 0 bridgehead atoms. The van der Waals surface area contributed by atoms with Crippen LogP contribution in [-0.2, 0) is 4.79 Å². The molecule has 5 nitrogen and oxygen atoms in total. The molecule has 0 aliphatic rings. The first-order valence-corrected chi connectivity index (χ1v) is 9.75. The monoisotopic (exact) mass is 419 g/mol. The Morgan fingerprint density at radius 1 is 1.17 bits per heavy atom. The lowest BCUT2D eigenvalue weighted by Crippen LogP contribution is -2.14. The van der Waals surface area contributed by atoms with E-state index in [0.717, 1.165) is 28.2 Å². The number of anilines is 1. The average Bonchev–Trinajstić information content (AvgIpc) is 3.00. The van der Waals surface area contributed by atoms with E-state index < -0.39 is 5.91 Å². The van der Waals surface area contributed by atoms with E-state index in [4.69, 9.17) is 16.3 Å². The molecule has 0 aliphatic carbocycles. The van der Waals surface area contributed by atoms with Crippen LogP contribution in [0.4, 0.5) is 5.69 Å². The lowest BCUT2D eigenvalue weighted by Gasteiger charge is -2.14. The number of hydrogen-bond donors (Lipinski definition) is 1. The van der Waals surface area contributed by atoms with E-state index in [2.05, 4.69) is 5.32 Å². The Morgan fingerprint density at radius 2 is 1.90 bits per heavy atom. The summed E-state index contributed by atoms with van der Waals surface area (Å²) in [5, 5.41) is 13.0. The van der Waals surface area contributed by atoms with E-state index in [0.29, 0.717) is 16.5 Å². The minimum absolute atomic E-state index is 0.0246. The van der Waals surface area contributed by atoms with Gasteiger partial charge in [0, 0.05) is 22.1 Å². The third-order valence-electron chi connectivity index (χ3n) is 4.91. The van der Waals surface area contributed by atoms with Crippen molar-refractivity contribution >= 4 is 29.3 Å². The zero-order valence-corrected chi connectivity index (χ0v) is 18.0. The van der Waals surface area contributed by atoms with Gasteiger partial charge in [0.25, 0.3) is 5.91 Å². The summed E-state index contributed by atoms with van der Waals surface area (Å²) in [4.78, 5) is 12.7. The molecule has 1 amide bonds. The second-order valence-electron chi connectivity index (χ2n) is 6.92. The van der Waals surface area contributed by atoms with Crippen LogP contribution in [0.5, 0.6) is 5.75 Å². The van der Waals surface area contributed by atoms with Crippen molar-refractivity contribution in [3.8, 4) is 17.5 Å². The van der Waals surface area contributed by atoms with Crippen molar-refractivity contribution in [3.05, 3.63) is 81.6 Å². The first-order chi connectivity index (χ1) is 14.3. The number of para-hydroxylation sites is 1. The summed E-state index contributed by atoms with van der Waals surface area (Å²) >= 11 is 6.20. The van der Waals surface area contributed by atoms with Crippen molar-refractivity contribution in [3.63, 3.8) is 0 Å². The number of ether oxygens (including phenoxy) is 1. The molecule has 0 radical (unpaired) electrons. The average molecular weight is 420 g/mol. The van der Waals surface area contributed by atoms with Crippen molar-refractivity contribution < 1.29 is 9.53 Å². The van der Waals surface area contributed by atoms with Crippen LogP contribution in [0, 0.1) is 32.1 Å². The molecule has 3 aromatic rings. The maximum absolute atomic E-state index is 12.7. The quantitative estimate of drug-likeness (QED) is 0.431. The van der Waals surface area contributed by atoms with Crippen LogP contribution >= 0.6 is 11.6 Å². The molecule has 1 aromatic heterocycles. The van der Waals surface area contributed by atoms with E-state index in [9.17, 15) is 10.1 Å². The molecular formula is C24H22ClN3O2. The lowest BCUT2D eigenvalue weighted by molar-refractivity contribution is -0.112. The second kappa shape index (κ2) is 8.89. The van der Waals surface area contributed by atoms with Gasteiger partial charge in [-0.25, -0.2) is 0 Å². The Labute approximate surface area is 181 Å². The van der Waals surface area contributed by atoms with Crippen LogP contribution in [0.1, 0.15) is 22.5 Å². The van der Waals surface area contributed by atoms with Crippen LogP contribution in [0.3, 0.4) is 0 Å². The molecule has 0 aliphatic heterocycles. The molecule has 0 unspecified atom stereocenters. The zero-order valence-electron chi connectivity index (χ0n) is 17.3. The van der Waals surface area contributed by atoms with Gasteiger partial charge in [0.15, 0.2) is 0 Å². The summed E-state index contributed by atoms with van der Waals surface area (Å²) in [5.41, 5.74) is 4.98. The Balaban J connectivity index is 2.00. The standard InChI is InChI=1S/C24H22ClN3O2/c1-15-7-5-6-8-21(15)27-24(29)19(14-26)12-18-11-16(2)28(17(18)3)22-13-20(25)9-10-23(22)30-4/h5-13H,1-4H3,(H,27,29)/b19-12-. The van der Waals surface area contributed by atoms with Gasteiger partial charge in [-0.1, -0.05) is 29.8 Å². The molecule has 1 N–H and O–H groups in total. The molecule has 0 saturated heterocycles. The van der Waals surface area contributed by atoms with Crippen LogP contribution in [-0.4, -0.2) is 17.6 Å². The largest absolute Gasteiger partial charge is 0.495 e. The van der Waals surface area contributed by atoms with Crippen molar-refractivity contribution in [2.75, 3.05) is 12.4 Å². The predicted octanol–water partition coefficient (Wildman–Crippen LogP) is 5.61. The van der Waals surface area contributed by atoms with Gasteiger partial charge < -0.3 is 14.6 Å². The molecule has 2 aromatic carbocycles. The number of rotatable bonds is 5. The number of benzene rings is 2. The molecular weight excluding hydrogens is 398 g/mol. The van der Waals surface area contributed by atoms with Crippen molar-refractivity contribution in [1.82, 2.24) is 4.57 Å². The number of methoxy groups -OCH3 is 1. The zero-order chi connectivity index (χ0) is 21.8. The highest BCUT2D eigenvalue weighted by Crippen LogP contribution is 2.31. The van der Waals surface area contributed by atoms with Gasteiger partial charge in [-0.3, -0.25) is 4.79 Å².